The molecule has 0 fully saturated rings. The monoisotopic (exact) mass is 467 g/mol. The average molecular weight is 468 g/mol. The summed E-state index contributed by atoms with van der Waals surface area (Å²) in [5.74, 6) is 0.489. The van der Waals surface area contributed by atoms with Crippen LogP contribution in [0.5, 0.6) is 0 Å². The number of rotatable bonds is 9. The fourth-order valence-electron chi connectivity index (χ4n) is 4.31. The summed E-state index contributed by atoms with van der Waals surface area (Å²) in [7, 11) is 0. The highest BCUT2D eigenvalue weighted by Gasteiger charge is 2.19. The van der Waals surface area contributed by atoms with Crippen LogP contribution in [0, 0.1) is 0 Å². The van der Waals surface area contributed by atoms with E-state index in [1.54, 1.807) is 11.8 Å². The number of carbonyl (C=O) groups is 1. The predicted molar refractivity (Wildman–Crippen MR) is 136 cm³/mol. The lowest BCUT2D eigenvalue weighted by atomic mass is 9.94. The number of hydrogen-bond acceptors (Lipinski definition) is 4. The van der Waals surface area contributed by atoms with Crippen molar-refractivity contribution in [1.29, 1.82) is 0 Å². The van der Waals surface area contributed by atoms with E-state index in [1.807, 2.05) is 24.3 Å². The molecule has 0 bridgehead atoms. The Labute approximate surface area is 199 Å². The number of pyridine rings is 1. The first-order valence-corrected chi connectivity index (χ1v) is 12.8. The molecule has 1 amide bonds. The van der Waals surface area contributed by atoms with Crippen LogP contribution in [0.2, 0.25) is 5.02 Å². The Morgan fingerprint density at radius 2 is 1.97 bits per heavy atom. The van der Waals surface area contributed by atoms with Crippen LogP contribution in [-0.4, -0.2) is 36.3 Å². The molecule has 1 aromatic heterocycles. The minimum absolute atomic E-state index is 0.0781. The molecule has 0 atom stereocenters. The van der Waals surface area contributed by atoms with Gasteiger partial charge in [-0.05, 0) is 74.9 Å². The van der Waals surface area contributed by atoms with E-state index >= 15 is 0 Å². The molecule has 0 saturated carbocycles. The second-order valence-corrected chi connectivity index (χ2v) is 9.56. The lowest BCUT2D eigenvalue weighted by Gasteiger charge is -2.23. The van der Waals surface area contributed by atoms with Gasteiger partial charge in [0.1, 0.15) is 0 Å². The third kappa shape index (κ3) is 5.57. The number of benzene rings is 2. The molecule has 1 aliphatic rings. The van der Waals surface area contributed by atoms with Crippen molar-refractivity contribution in [2.75, 3.05) is 30.3 Å². The molecule has 1 heterocycles. The fraction of sp³-hybridized carbons (Fsp3) is 0.385. The number of thioether (sulfide) groups is 1. The maximum atomic E-state index is 12.6. The normalized spacial score (nSPS) is 13.1. The molecule has 6 heteroatoms. The molecule has 0 aliphatic heterocycles. The van der Waals surface area contributed by atoms with E-state index in [2.05, 4.69) is 41.4 Å². The fourth-order valence-corrected chi connectivity index (χ4v) is 5.58. The number of nitrogens with one attached hydrogen (secondary N) is 1. The minimum Gasteiger partial charge on any atom is -0.372 e. The van der Waals surface area contributed by atoms with Crippen LogP contribution in [0.15, 0.2) is 53.4 Å². The third-order valence-electron chi connectivity index (χ3n) is 5.95. The van der Waals surface area contributed by atoms with Gasteiger partial charge in [0.15, 0.2) is 0 Å². The van der Waals surface area contributed by atoms with Crippen LogP contribution in [0.3, 0.4) is 0 Å². The van der Waals surface area contributed by atoms with Gasteiger partial charge in [-0.25, -0.2) is 0 Å². The number of amides is 1. The summed E-state index contributed by atoms with van der Waals surface area (Å²) in [5.41, 5.74) is 4.70. The van der Waals surface area contributed by atoms with Gasteiger partial charge in [0.05, 0.1) is 11.3 Å². The van der Waals surface area contributed by atoms with Crippen molar-refractivity contribution in [2.24, 2.45) is 0 Å². The van der Waals surface area contributed by atoms with Gasteiger partial charge < -0.3 is 10.2 Å². The van der Waals surface area contributed by atoms with Crippen molar-refractivity contribution in [3.05, 3.63) is 64.8 Å². The molecule has 0 saturated heterocycles. The van der Waals surface area contributed by atoms with E-state index in [9.17, 15) is 4.79 Å². The second-order valence-electron chi connectivity index (χ2n) is 8.14. The number of nitrogens with zero attached hydrogens (tertiary/aromatic N) is 2. The highest BCUT2D eigenvalue weighted by atomic mass is 35.5. The van der Waals surface area contributed by atoms with Crippen molar-refractivity contribution >= 4 is 45.9 Å². The van der Waals surface area contributed by atoms with Gasteiger partial charge in [0.2, 0.25) is 5.91 Å². The topological polar surface area (TPSA) is 45.2 Å². The number of aryl methyl sites for hydroxylation is 1. The van der Waals surface area contributed by atoms with Crippen LogP contribution in [-0.2, 0) is 17.6 Å². The largest absolute Gasteiger partial charge is 0.372 e. The molecule has 4 nitrogen and oxygen atoms in total. The van der Waals surface area contributed by atoms with E-state index in [0.717, 1.165) is 43.3 Å². The SMILES string of the molecule is CCN(CCCNC(=O)CSc1c2c(nc3ccc(Cl)cc13)CCCC2)c1ccccc1. The first-order chi connectivity index (χ1) is 15.7. The van der Waals surface area contributed by atoms with Crippen molar-refractivity contribution in [1.82, 2.24) is 10.3 Å². The Kier molecular flexibility index (Phi) is 7.93. The first-order valence-electron chi connectivity index (χ1n) is 11.5. The van der Waals surface area contributed by atoms with Gasteiger partial charge >= 0.3 is 0 Å². The molecule has 0 spiro atoms. The molecule has 1 N–H and O–H groups in total. The summed E-state index contributed by atoms with van der Waals surface area (Å²) in [4.78, 5) is 21.0. The first kappa shape index (κ1) is 22.9. The standard InChI is InChI=1S/C26H30ClN3OS/c1-2-30(20-9-4-3-5-10-20)16-8-15-28-25(31)18-32-26-21-11-6-7-12-23(21)29-24-14-13-19(27)17-22(24)26/h3-5,9-10,13-14,17H,2,6-8,11-12,15-16,18H2,1H3,(H,28,31). The third-order valence-corrected chi connectivity index (χ3v) is 7.35. The molecule has 2 aromatic carbocycles. The van der Waals surface area contributed by atoms with Gasteiger partial charge in [0, 0.05) is 46.3 Å². The van der Waals surface area contributed by atoms with Crippen LogP contribution in [0.25, 0.3) is 10.9 Å². The van der Waals surface area contributed by atoms with Gasteiger partial charge in [0.25, 0.3) is 0 Å². The maximum Gasteiger partial charge on any atom is 0.230 e. The number of para-hydroxylation sites is 1. The molecule has 0 unspecified atom stereocenters. The van der Waals surface area contributed by atoms with Gasteiger partial charge in [-0.1, -0.05) is 29.8 Å². The van der Waals surface area contributed by atoms with Crippen LogP contribution in [0.1, 0.15) is 37.4 Å². The number of carbonyl (C=O) groups excluding carboxylic acids is 1. The summed E-state index contributed by atoms with van der Waals surface area (Å²) in [5, 5.41) is 4.87. The Hall–Kier alpha value is -2.24. The Morgan fingerprint density at radius 3 is 2.78 bits per heavy atom. The molecular weight excluding hydrogens is 438 g/mol. The Balaban J connectivity index is 1.34. The average Bonchev–Trinajstić information content (AvgIpc) is 2.82. The number of fused-ring (bicyclic) bond motifs is 2. The number of anilines is 1. The van der Waals surface area contributed by atoms with Crippen LogP contribution in [0.4, 0.5) is 5.69 Å². The summed E-state index contributed by atoms with van der Waals surface area (Å²) in [6, 6.07) is 16.3. The number of aromatic nitrogens is 1. The highest BCUT2D eigenvalue weighted by molar-refractivity contribution is 8.00. The van der Waals surface area contributed by atoms with E-state index < -0.39 is 0 Å². The van der Waals surface area contributed by atoms with Crippen LogP contribution >= 0.6 is 23.4 Å². The molecule has 3 aromatic rings. The van der Waals surface area contributed by atoms with E-state index in [4.69, 9.17) is 16.6 Å². The lowest BCUT2D eigenvalue weighted by molar-refractivity contribution is -0.118. The lowest BCUT2D eigenvalue weighted by Crippen LogP contribution is -2.30. The Bertz CT molecular complexity index is 1070. The zero-order valence-electron chi connectivity index (χ0n) is 18.6. The molecule has 1 aliphatic carbocycles. The molecule has 4 rings (SSSR count). The van der Waals surface area contributed by atoms with Crippen molar-refractivity contribution < 1.29 is 4.79 Å². The molecule has 0 radical (unpaired) electrons. The van der Waals surface area contributed by atoms with Crippen LogP contribution < -0.4 is 10.2 Å². The van der Waals surface area contributed by atoms with Crippen molar-refractivity contribution in [3.63, 3.8) is 0 Å². The van der Waals surface area contributed by atoms with E-state index in [-0.39, 0.29) is 5.91 Å². The minimum atomic E-state index is 0.0781. The van der Waals surface area contributed by atoms with Gasteiger partial charge in [-0.3, -0.25) is 9.78 Å². The van der Waals surface area contributed by atoms with E-state index in [0.29, 0.717) is 17.3 Å². The summed E-state index contributed by atoms with van der Waals surface area (Å²) in [6.45, 7) is 4.73. The van der Waals surface area contributed by atoms with E-state index in [1.165, 1.54) is 34.7 Å². The summed E-state index contributed by atoms with van der Waals surface area (Å²) < 4.78 is 0. The zero-order chi connectivity index (χ0) is 22.3. The maximum absolute atomic E-state index is 12.6. The summed E-state index contributed by atoms with van der Waals surface area (Å²) >= 11 is 7.91. The van der Waals surface area contributed by atoms with Crippen molar-refractivity contribution in [2.45, 2.75) is 43.9 Å². The second kappa shape index (κ2) is 11.1. The highest BCUT2D eigenvalue weighted by Crippen LogP contribution is 2.37. The van der Waals surface area contributed by atoms with Gasteiger partial charge in [-0.2, -0.15) is 0 Å². The summed E-state index contributed by atoms with van der Waals surface area (Å²) in [6.07, 6.45) is 5.32. The zero-order valence-corrected chi connectivity index (χ0v) is 20.1. The van der Waals surface area contributed by atoms with Gasteiger partial charge in [-0.15, -0.1) is 11.8 Å². The quantitative estimate of drug-likeness (QED) is 0.314. The smallest absolute Gasteiger partial charge is 0.230 e. The van der Waals surface area contributed by atoms with Crippen molar-refractivity contribution in [3.8, 4) is 0 Å². The predicted octanol–water partition coefficient (Wildman–Crippen LogP) is 5.89. The molecule has 168 valence electrons. The molecular formula is C26H30ClN3OS. The number of halogens is 1. The Morgan fingerprint density at radius 1 is 1.16 bits per heavy atom. The molecule has 32 heavy (non-hydrogen) atoms. The number of hydrogen-bond donors (Lipinski definition) is 1.